The lowest BCUT2D eigenvalue weighted by Gasteiger charge is -2.43. The normalized spacial score (nSPS) is 15.7. The van der Waals surface area contributed by atoms with E-state index in [4.69, 9.17) is 0 Å². The van der Waals surface area contributed by atoms with Crippen LogP contribution in [0.1, 0.15) is 30.4 Å². The van der Waals surface area contributed by atoms with Crippen molar-refractivity contribution in [1.82, 2.24) is 5.32 Å². The lowest BCUT2D eigenvalue weighted by molar-refractivity contribution is -0.123. The number of hydrogen-bond donors (Lipinski definition) is 1. The van der Waals surface area contributed by atoms with Crippen molar-refractivity contribution in [3.05, 3.63) is 83.9 Å². The van der Waals surface area contributed by atoms with E-state index in [1.165, 1.54) is 17.4 Å². The summed E-state index contributed by atoms with van der Waals surface area (Å²) in [5.41, 5.74) is 2.15. The van der Waals surface area contributed by atoms with Gasteiger partial charge in [0.25, 0.3) is 0 Å². The molecule has 1 fully saturated rings. The minimum atomic E-state index is -0.164. The maximum atomic E-state index is 12.7. The number of fused-ring (bicyclic) bond motifs is 1. The molecule has 0 aliphatic heterocycles. The van der Waals surface area contributed by atoms with Crippen LogP contribution in [0.25, 0.3) is 10.8 Å². The van der Waals surface area contributed by atoms with Crippen molar-refractivity contribution >= 4 is 16.7 Å². The van der Waals surface area contributed by atoms with Gasteiger partial charge in [-0.15, -0.1) is 0 Å². The molecule has 1 aliphatic rings. The predicted octanol–water partition coefficient (Wildman–Crippen LogP) is 4.58. The lowest BCUT2D eigenvalue weighted by atomic mass is 9.71. The van der Waals surface area contributed by atoms with Crippen molar-refractivity contribution < 1.29 is 4.79 Å². The maximum Gasteiger partial charge on any atom is 0.225 e. The molecule has 24 heavy (non-hydrogen) atoms. The molecule has 0 aromatic heterocycles. The molecule has 3 aromatic carbocycles. The summed E-state index contributed by atoms with van der Waals surface area (Å²) < 4.78 is 0. The smallest absolute Gasteiger partial charge is 0.225 e. The number of nitrogens with one attached hydrogen (secondary N) is 1. The van der Waals surface area contributed by atoms with E-state index in [2.05, 4.69) is 41.7 Å². The fourth-order valence-corrected chi connectivity index (χ4v) is 3.70. The highest BCUT2D eigenvalue weighted by molar-refractivity contribution is 5.90. The second kappa shape index (κ2) is 6.12. The summed E-state index contributed by atoms with van der Waals surface area (Å²) >= 11 is 0. The first-order valence-corrected chi connectivity index (χ1v) is 8.60. The third kappa shape index (κ3) is 2.69. The average Bonchev–Trinajstić information content (AvgIpc) is 2.59. The van der Waals surface area contributed by atoms with Crippen LogP contribution >= 0.6 is 0 Å². The summed E-state index contributed by atoms with van der Waals surface area (Å²) in [6, 6.07) is 24.8. The second-order valence-electron chi connectivity index (χ2n) is 6.66. The highest BCUT2D eigenvalue weighted by Gasteiger charge is 2.39. The third-order valence-electron chi connectivity index (χ3n) is 5.14. The van der Waals surface area contributed by atoms with E-state index < -0.39 is 0 Å². The van der Waals surface area contributed by atoms with Gasteiger partial charge in [-0.2, -0.15) is 0 Å². The topological polar surface area (TPSA) is 29.1 Å². The molecule has 0 saturated heterocycles. The van der Waals surface area contributed by atoms with Crippen LogP contribution in [0.2, 0.25) is 0 Å². The van der Waals surface area contributed by atoms with Gasteiger partial charge in [-0.05, 0) is 41.2 Å². The lowest BCUT2D eigenvalue weighted by Crippen LogP contribution is -2.51. The van der Waals surface area contributed by atoms with Gasteiger partial charge in [0, 0.05) is 0 Å². The number of benzene rings is 3. The minimum Gasteiger partial charge on any atom is -0.346 e. The number of carbonyl (C=O) groups excluding carboxylic acids is 1. The van der Waals surface area contributed by atoms with Crippen LogP contribution in [0.4, 0.5) is 0 Å². The minimum absolute atomic E-state index is 0.106. The summed E-state index contributed by atoms with van der Waals surface area (Å²) in [4.78, 5) is 12.7. The molecular weight excluding hydrogens is 294 g/mol. The molecule has 0 bridgehead atoms. The first-order valence-electron chi connectivity index (χ1n) is 8.60. The Morgan fingerprint density at radius 3 is 2.33 bits per heavy atom. The van der Waals surface area contributed by atoms with Crippen LogP contribution in [-0.4, -0.2) is 5.91 Å². The molecule has 0 radical (unpaired) electrons. The van der Waals surface area contributed by atoms with E-state index in [9.17, 15) is 4.79 Å². The molecule has 3 aromatic rings. The summed E-state index contributed by atoms with van der Waals surface area (Å²) in [5, 5.41) is 5.67. The summed E-state index contributed by atoms with van der Waals surface area (Å²) in [7, 11) is 0. The van der Waals surface area contributed by atoms with Gasteiger partial charge in [0.05, 0.1) is 12.0 Å². The average molecular weight is 315 g/mol. The SMILES string of the molecule is O=C(Cc1cccc2ccccc12)NC1(c2ccccc2)CCC1. The van der Waals surface area contributed by atoms with Gasteiger partial charge in [-0.1, -0.05) is 72.8 Å². The first kappa shape index (κ1) is 14.9. The number of rotatable bonds is 4. The van der Waals surface area contributed by atoms with Crippen molar-refractivity contribution in [3.8, 4) is 0 Å². The van der Waals surface area contributed by atoms with E-state index in [-0.39, 0.29) is 11.4 Å². The number of hydrogen-bond acceptors (Lipinski definition) is 1. The highest BCUT2D eigenvalue weighted by atomic mass is 16.1. The Morgan fingerprint density at radius 1 is 0.875 bits per heavy atom. The van der Waals surface area contributed by atoms with Gasteiger partial charge >= 0.3 is 0 Å². The van der Waals surface area contributed by atoms with Gasteiger partial charge < -0.3 is 5.32 Å². The predicted molar refractivity (Wildman–Crippen MR) is 97.8 cm³/mol. The number of amides is 1. The molecule has 0 atom stereocenters. The Morgan fingerprint density at radius 2 is 1.58 bits per heavy atom. The van der Waals surface area contributed by atoms with Crippen LogP contribution in [0.5, 0.6) is 0 Å². The zero-order valence-electron chi connectivity index (χ0n) is 13.7. The standard InChI is InChI=1S/C22H21NO/c24-21(16-18-10-6-9-17-8-4-5-13-20(17)18)23-22(14-7-15-22)19-11-2-1-3-12-19/h1-6,8-13H,7,14-16H2,(H,23,24). The summed E-state index contributed by atoms with van der Waals surface area (Å²) in [6.45, 7) is 0. The largest absolute Gasteiger partial charge is 0.346 e. The molecule has 0 spiro atoms. The quantitative estimate of drug-likeness (QED) is 0.750. The summed E-state index contributed by atoms with van der Waals surface area (Å²) in [6.07, 6.45) is 3.65. The molecule has 1 aliphatic carbocycles. The Labute approximate surface area is 142 Å². The first-order chi connectivity index (χ1) is 11.8. The van der Waals surface area contributed by atoms with Gasteiger partial charge in [-0.25, -0.2) is 0 Å². The van der Waals surface area contributed by atoms with E-state index in [1.54, 1.807) is 0 Å². The van der Waals surface area contributed by atoms with Gasteiger partial charge in [0.15, 0.2) is 0 Å². The Kier molecular flexibility index (Phi) is 3.81. The Hall–Kier alpha value is -2.61. The highest BCUT2D eigenvalue weighted by Crippen LogP contribution is 2.41. The second-order valence-corrected chi connectivity index (χ2v) is 6.66. The molecule has 2 heteroatoms. The number of carbonyl (C=O) groups is 1. The van der Waals surface area contributed by atoms with Gasteiger partial charge in [-0.3, -0.25) is 4.79 Å². The van der Waals surface area contributed by atoms with E-state index in [0.717, 1.165) is 23.8 Å². The molecule has 0 unspecified atom stereocenters. The van der Waals surface area contributed by atoms with Crippen molar-refractivity contribution in [2.45, 2.75) is 31.2 Å². The fraction of sp³-hybridized carbons (Fsp3) is 0.227. The van der Waals surface area contributed by atoms with Crippen molar-refractivity contribution in [2.24, 2.45) is 0 Å². The Balaban J connectivity index is 1.56. The summed E-state index contributed by atoms with van der Waals surface area (Å²) in [5.74, 6) is 0.106. The maximum absolute atomic E-state index is 12.7. The van der Waals surface area contributed by atoms with Crippen LogP contribution in [-0.2, 0) is 16.8 Å². The zero-order chi connectivity index (χ0) is 16.4. The van der Waals surface area contributed by atoms with E-state index in [1.807, 2.05) is 36.4 Å². The van der Waals surface area contributed by atoms with Crippen molar-refractivity contribution in [3.63, 3.8) is 0 Å². The van der Waals surface area contributed by atoms with Crippen LogP contribution < -0.4 is 5.32 Å². The fourth-order valence-electron chi connectivity index (χ4n) is 3.70. The monoisotopic (exact) mass is 315 g/mol. The van der Waals surface area contributed by atoms with Gasteiger partial charge in [0.2, 0.25) is 5.91 Å². The molecule has 1 saturated carbocycles. The molecule has 1 N–H and O–H groups in total. The Bertz CT molecular complexity index is 860. The van der Waals surface area contributed by atoms with E-state index in [0.29, 0.717) is 6.42 Å². The van der Waals surface area contributed by atoms with Crippen molar-refractivity contribution in [2.75, 3.05) is 0 Å². The van der Waals surface area contributed by atoms with Gasteiger partial charge in [0.1, 0.15) is 0 Å². The third-order valence-corrected chi connectivity index (χ3v) is 5.14. The van der Waals surface area contributed by atoms with Crippen LogP contribution in [0, 0.1) is 0 Å². The molecule has 120 valence electrons. The molecule has 4 rings (SSSR count). The van der Waals surface area contributed by atoms with Crippen molar-refractivity contribution in [1.29, 1.82) is 0 Å². The molecule has 1 amide bonds. The van der Waals surface area contributed by atoms with E-state index >= 15 is 0 Å². The molecular formula is C22H21NO. The molecule has 0 heterocycles. The molecule has 2 nitrogen and oxygen atoms in total. The van der Waals surface area contributed by atoms with Crippen LogP contribution in [0.3, 0.4) is 0 Å². The van der Waals surface area contributed by atoms with Crippen LogP contribution in [0.15, 0.2) is 72.8 Å². The zero-order valence-corrected chi connectivity index (χ0v) is 13.7.